The molecule has 7 nitrogen and oxygen atoms in total. The van der Waals surface area contributed by atoms with Crippen LogP contribution < -0.4 is 10.2 Å². The van der Waals surface area contributed by atoms with Crippen molar-refractivity contribution in [2.45, 2.75) is 0 Å². The van der Waals surface area contributed by atoms with Gasteiger partial charge in [0.15, 0.2) is 5.76 Å². The number of nitrogens with one attached hydrogen (secondary N) is 1. The highest BCUT2D eigenvalue weighted by Gasteiger charge is 2.22. The number of carbonyl (C=O) groups excluding carboxylic acids is 2. The molecular formula is C26H24N4O3. The molecule has 0 aliphatic carbocycles. The number of nitrogens with zero attached hydrogens (tertiary/aromatic N) is 3. The van der Waals surface area contributed by atoms with Crippen LogP contribution in [0.5, 0.6) is 0 Å². The molecule has 7 heteroatoms. The van der Waals surface area contributed by atoms with Crippen LogP contribution in [0.15, 0.2) is 83.4 Å². The van der Waals surface area contributed by atoms with E-state index in [1.54, 1.807) is 23.1 Å². The van der Waals surface area contributed by atoms with E-state index in [4.69, 9.17) is 4.52 Å². The molecule has 5 rings (SSSR count). The molecule has 0 radical (unpaired) electrons. The van der Waals surface area contributed by atoms with E-state index in [1.807, 2.05) is 48.5 Å². The highest BCUT2D eigenvalue weighted by molar-refractivity contribution is 6.02. The summed E-state index contributed by atoms with van der Waals surface area (Å²) in [4.78, 5) is 29.5. The van der Waals surface area contributed by atoms with Crippen molar-refractivity contribution >= 4 is 28.4 Å². The fourth-order valence-electron chi connectivity index (χ4n) is 4.10. The largest absolute Gasteiger partial charge is 0.368 e. The third-order valence-corrected chi connectivity index (χ3v) is 5.93. The van der Waals surface area contributed by atoms with E-state index in [0.717, 1.165) is 29.7 Å². The third kappa shape index (κ3) is 4.43. The molecule has 3 aromatic carbocycles. The Morgan fingerprint density at radius 3 is 2.30 bits per heavy atom. The smallest absolute Gasteiger partial charge is 0.251 e. The quantitative estimate of drug-likeness (QED) is 0.513. The van der Waals surface area contributed by atoms with Gasteiger partial charge in [-0.15, -0.1) is 0 Å². The molecular weight excluding hydrogens is 416 g/mol. The van der Waals surface area contributed by atoms with Gasteiger partial charge in [0, 0.05) is 43.0 Å². The van der Waals surface area contributed by atoms with Crippen LogP contribution in [-0.2, 0) is 4.79 Å². The summed E-state index contributed by atoms with van der Waals surface area (Å²) in [6.45, 7) is 2.79. The molecule has 0 bridgehead atoms. The van der Waals surface area contributed by atoms with E-state index in [0.29, 0.717) is 29.9 Å². The zero-order valence-electron chi connectivity index (χ0n) is 18.1. The van der Waals surface area contributed by atoms with Crippen molar-refractivity contribution in [1.82, 2.24) is 15.4 Å². The SMILES string of the molecule is O=C(NCC(=O)N1CCN(c2ccccc2)CC1)c1ccc2noc(-c3ccccc3)c2c1. The van der Waals surface area contributed by atoms with Gasteiger partial charge in [-0.05, 0) is 30.3 Å². The average molecular weight is 441 g/mol. The van der Waals surface area contributed by atoms with Gasteiger partial charge in [0.05, 0.1) is 11.9 Å². The first kappa shape index (κ1) is 20.8. The average Bonchev–Trinajstić information content (AvgIpc) is 3.31. The minimum Gasteiger partial charge on any atom is -0.368 e. The lowest BCUT2D eigenvalue weighted by atomic mass is 10.1. The van der Waals surface area contributed by atoms with Crippen LogP contribution in [0, 0.1) is 0 Å². The Morgan fingerprint density at radius 1 is 0.879 bits per heavy atom. The maximum Gasteiger partial charge on any atom is 0.251 e. The third-order valence-electron chi connectivity index (χ3n) is 5.93. The summed E-state index contributed by atoms with van der Waals surface area (Å²) in [7, 11) is 0. The minimum absolute atomic E-state index is 0.0304. The van der Waals surface area contributed by atoms with E-state index in [9.17, 15) is 9.59 Å². The standard InChI is InChI=1S/C26H24N4O3/c31-24(30-15-13-29(14-16-30)21-9-5-2-6-10-21)18-27-26(32)20-11-12-23-22(17-20)25(33-28-23)19-7-3-1-4-8-19/h1-12,17H,13-16,18H2,(H,27,32). The number of amides is 2. The monoisotopic (exact) mass is 440 g/mol. The Kier molecular flexibility index (Phi) is 5.76. The van der Waals surface area contributed by atoms with Gasteiger partial charge in [-0.3, -0.25) is 9.59 Å². The number of hydrogen-bond donors (Lipinski definition) is 1. The second kappa shape index (κ2) is 9.16. The molecule has 166 valence electrons. The molecule has 0 saturated carbocycles. The van der Waals surface area contributed by atoms with Gasteiger partial charge in [0.25, 0.3) is 5.91 Å². The van der Waals surface area contributed by atoms with Crippen LogP contribution in [0.25, 0.3) is 22.2 Å². The number of piperazine rings is 1. The summed E-state index contributed by atoms with van der Waals surface area (Å²) in [6.07, 6.45) is 0. The number of fused-ring (bicyclic) bond motifs is 1. The molecule has 1 saturated heterocycles. The Morgan fingerprint density at radius 2 is 1.58 bits per heavy atom. The normalized spacial score (nSPS) is 13.8. The van der Waals surface area contributed by atoms with Crippen molar-refractivity contribution in [2.75, 3.05) is 37.6 Å². The molecule has 2 amide bonds. The maximum absolute atomic E-state index is 12.7. The van der Waals surface area contributed by atoms with Crippen molar-refractivity contribution < 1.29 is 14.1 Å². The van der Waals surface area contributed by atoms with Crippen LogP contribution >= 0.6 is 0 Å². The van der Waals surface area contributed by atoms with E-state index in [1.165, 1.54) is 0 Å². The van der Waals surface area contributed by atoms with Crippen molar-refractivity contribution in [3.63, 3.8) is 0 Å². The fraction of sp³-hybridized carbons (Fsp3) is 0.192. The van der Waals surface area contributed by atoms with Crippen LogP contribution in [-0.4, -0.2) is 54.6 Å². The van der Waals surface area contributed by atoms with Gasteiger partial charge in [-0.2, -0.15) is 0 Å². The molecule has 2 heterocycles. The molecule has 1 N–H and O–H groups in total. The summed E-state index contributed by atoms with van der Waals surface area (Å²) in [5.74, 6) is 0.244. The number of para-hydroxylation sites is 1. The van der Waals surface area contributed by atoms with Gasteiger partial charge in [-0.1, -0.05) is 53.7 Å². The zero-order valence-corrected chi connectivity index (χ0v) is 18.1. The summed E-state index contributed by atoms with van der Waals surface area (Å²) in [5, 5.41) is 7.61. The van der Waals surface area contributed by atoms with E-state index in [-0.39, 0.29) is 18.4 Å². The molecule has 1 fully saturated rings. The summed E-state index contributed by atoms with van der Waals surface area (Å²) < 4.78 is 5.51. The van der Waals surface area contributed by atoms with Crippen molar-refractivity contribution in [3.05, 3.63) is 84.4 Å². The Labute approximate surface area is 191 Å². The summed E-state index contributed by atoms with van der Waals surface area (Å²) in [6, 6.07) is 25.0. The van der Waals surface area contributed by atoms with Gasteiger partial charge in [-0.25, -0.2) is 0 Å². The second-order valence-corrected chi connectivity index (χ2v) is 8.00. The molecule has 0 atom stereocenters. The Balaban J connectivity index is 1.20. The first-order valence-electron chi connectivity index (χ1n) is 11.0. The lowest BCUT2D eigenvalue weighted by Gasteiger charge is -2.36. The van der Waals surface area contributed by atoms with Crippen LogP contribution in [0.4, 0.5) is 5.69 Å². The van der Waals surface area contributed by atoms with Crippen LogP contribution in [0.2, 0.25) is 0 Å². The second-order valence-electron chi connectivity index (χ2n) is 8.00. The van der Waals surface area contributed by atoms with Gasteiger partial charge in [0.1, 0.15) is 5.52 Å². The van der Waals surface area contributed by atoms with E-state index < -0.39 is 0 Å². The molecule has 1 aliphatic heterocycles. The molecule has 0 unspecified atom stereocenters. The Bertz CT molecular complexity index is 1260. The number of anilines is 1. The van der Waals surface area contributed by atoms with Crippen LogP contribution in [0.3, 0.4) is 0 Å². The number of benzene rings is 3. The Hall–Kier alpha value is -4.13. The molecule has 0 spiro atoms. The molecule has 4 aromatic rings. The van der Waals surface area contributed by atoms with Gasteiger partial charge < -0.3 is 19.6 Å². The lowest BCUT2D eigenvalue weighted by molar-refractivity contribution is -0.130. The van der Waals surface area contributed by atoms with Crippen molar-refractivity contribution in [3.8, 4) is 11.3 Å². The predicted molar refractivity (Wildman–Crippen MR) is 127 cm³/mol. The van der Waals surface area contributed by atoms with Gasteiger partial charge >= 0.3 is 0 Å². The van der Waals surface area contributed by atoms with Crippen LogP contribution in [0.1, 0.15) is 10.4 Å². The number of aromatic nitrogens is 1. The number of hydrogen-bond acceptors (Lipinski definition) is 5. The zero-order chi connectivity index (χ0) is 22.6. The van der Waals surface area contributed by atoms with E-state index >= 15 is 0 Å². The first-order valence-corrected chi connectivity index (χ1v) is 11.0. The van der Waals surface area contributed by atoms with Crippen molar-refractivity contribution in [2.24, 2.45) is 0 Å². The summed E-state index contributed by atoms with van der Waals surface area (Å²) in [5.41, 5.74) is 3.20. The molecule has 1 aromatic heterocycles. The number of carbonyl (C=O) groups is 2. The predicted octanol–water partition coefficient (Wildman–Crippen LogP) is 3.57. The fourth-order valence-corrected chi connectivity index (χ4v) is 4.10. The van der Waals surface area contributed by atoms with Crippen molar-refractivity contribution in [1.29, 1.82) is 0 Å². The lowest BCUT2D eigenvalue weighted by Crippen LogP contribution is -2.51. The topological polar surface area (TPSA) is 78.7 Å². The minimum atomic E-state index is -0.298. The maximum atomic E-state index is 12.7. The number of rotatable bonds is 5. The highest BCUT2D eigenvalue weighted by Crippen LogP contribution is 2.29. The highest BCUT2D eigenvalue weighted by atomic mass is 16.5. The van der Waals surface area contributed by atoms with Gasteiger partial charge in [0.2, 0.25) is 5.91 Å². The molecule has 33 heavy (non-hydrogen) atoms. The molecule has 1 aliphatic rings. The van der Waals surface area contributed by atoms with E-state index in [2.05, 4.69) is 27.5 Å². The first-order chi connectivity index (χ1) is 16.2. The summed E-state index contributed by atoms with van der Waals surface area (Å²) >= 11 is 0.